The number of carbonyl (C=O) groups is 1. The first-order valence-corrected chi connectivity index (χ1v) is 5.47. The fourth-order valence-corrected chi connectivity index (χ4v) is 1.37. The van der Waals surface area contributed by atoms with E-state index in [1.807, 2.05) is 0 Å². The lowest BCUT2D eigenvalue weighted by Gasteiger charge is -2.19. The van der Waals surface area contributed by atoms with Crippen LogP contribution < -0.4 is 10.5 Å². The van der Waals surface area contributed by atoms with Crippen LogP contribution in [0.25, 0.3) is 0 Å². The molecule has 7 heteroatoms. The highest BCUT2D eigenvalue weighted by atomic mass is 79.9. The zero-order chi connectivity index (χ0) is 13.1. The number of hydrogen-bond acceptors (Lipinski definition) is 3. The third-order valence-electron chi connectivity index (χ3n) is 1.88. The summed E-state index contributed by atoms with van der Waals surface area (Å²) in [6, 6.07) is 5.47. The number of carbonyl (C=O) groups excluding carboxylic acids is 1. The average Bonchev–Trinajstić information content (AvgIpc) is 2.27. The molecule has 1 aromatic rings. The van der Waals surface area contributed by atoms with E-state index in [1.54, 1.807) is 18.2 Å². The Kier molecular flexibility index (Phi) is 4.53. The second kappa shape index (κ2) is 5.50. The largest absolute Gasteiger partial charge is 0.426 e. The van der Waals surface area contributed by atoms with E-state index in [2.05, 4.69) is 15.9 Å². The molecule has 1 aromatic carbocycles. The van der Waals surface area contributed by atoms with Gasteiger partial charge in [-0.2, -0.15) is 13.2 Å². The van der Waals surface area contributed by atoms with Crippen LogP contribution in [-0.4, -0.2) is 23.0 Å². The van der Waals surface area contributed by atoms with E-state index in [1.165, 1.54) is 12.1 Å². The molecular formula is C10H9BrF3NO2. The lowest BCUT2D eigenvalue weighted by Crippen LogP contribution is -2.48. The molecule has 0 aliphatic carbocycles. The van der Waals surface area contributed by atoms with Gasteiger partial charge in [-0.15, -0.1) is 0 Å². The summed E-state index contributed by atoms with van der Waals surface area (Å²) in [5.74, 6) is -0.919. The van der Waals surface area contributed by atoms with Gasteiger partial charge < -0.3 is 10.5 Å². The van der Waals surface area contributed by atoms with Crippen LogP contribution in [0.3, 0.4) is 0 Å². The molecule has 0 aliphatic heterocycles. The minimum Gasteiger partial charge on any atom is -0.426 e. The molecule has 0 aromatic heterocycles. The minimum absolute atomic E-state index is 0.163. The number of nitrogens with two attached hydrogens (primary N) is 1. The van der Waals surface area contributed by atoms with Crippen molar-refractivity contribution in [2.24, 2.45) is 5.73 Å². The number of alkyl halides is 4. The van der Waals surface area contributed by atoms with E-state index < -0.39 is 23.0 Å². The van der Waals surface area contributed by atoms with Crippen LogP contribution in [0.4, 0.5) is 13.2 Å². The van der Waals surface area contributed by atoms with Crippen molar-refractivity contribution in [1.29, 1.82) is 0 Å². The van der Waals surface area contributed by atoms with Gasteiger partial charge in [0.2, 0.25) is 0 Å². The molecule has 0 spiro atoms. The Hall–Kier alpha value is -1.08. The summed E-state index contributed by atoms with van der Waals surface area (Å²) < 4.78 is 41.4. The van der Waals surface area contributed by atoms with E-state index in [9.17, 15) is 18.0 Å². The summed E-state index contributed by atoms with van der Waals surface area (Å²) in [4.78, 5) is 9.72. The third-order valence-corrected chi connectivity index (χ3v) is 2.82. The molecule has 0 fully saturated rings. The maximum atomic E-state index is 12.2. The molecule has 2 atom stereocenters. The first-order valence-electron chi connectivity index (χ1n) is 4.55. The van der Waals surface area contributed by atoms with Crippen molar-refractivity contribution in [3.05, 3.63) is 30.3 Å². The van der Waals surface area contributed by atoms with Gasteiger partial charge in [0.1, 0.15) is 16.6 Å². The van der Waals surface area contributed by atoms with Gasteiger partial charge >= 0.3 is 12.1 Å². The second-order valence-electron chi connectivity index (χ2n) is 3.20. The Labute approximate surface area is 104 Å². The Balaban J connectivity index is 2.65. The predicted molar refractivity (Wildman–Crippen MR) is 58.8 cm³/mol. The lowest BCUT2D eigenvalue weighted by molar-refractivity contribution is -0.157. The molecule has 17 heavy (non-hydrogen) atoms. The van der Waals surface area contributed by atoms with E-state index in [-0.39, 0.29) is 5.75 Å². The standard InChI is InChI=1S/C10H9BrF3NO2/c11-7(8(15)10(12,13)14)9(16)17-6-4-2-1-3-5-6/h1-5,7-8H,15H2/t7-,8+/m0/s1. The number of hydrogen-bond donors (Lipinski definition) is 1. The highest BCUT2D eigenvalue weighted by Crippen LogP contribution is 2.25. The minimum atomic E-state index is -4.66. The van der Waals surface area contributed by atoms with Crippen LogP contribution in [0.1, 0.15) is 0 Å². The highest BCUT2D eigenvalue weighted by Gasteiger charge is 2.44. The molecule has 0 radical (unpaired) electrons. The van der Waals surface area contributed by atoms with Crippen molar-refractivity contribution in [3.63, 3.8) is 0 Å². The molecule has 0 unspecified atom stereocenters. The molecule has 0 amide bonds. The van der Waals surface area contributed by atoms with Crippen molar-refractivity contribution in [3.8, 4) is 5.75 Å². The monoisotopic (exact) mass is 311 g/mol. The number of rotatable bonds is 3. The summed E-state index contributed by atoms with van der Waals surface area (Å²) in [7, 11) is 0. The van der Waals surface area contributed by atoms with Crippen molar-refractivity contribution in [2.45, 2.75) is 17.0 Å². The first-order chi connectivity index (χ1) is 7.82. The Morgan fingerprint density at radius 3 is 2.29 bits per heavy atom. The predicted octanol–water partition coefficient (Wildman–Crippen LogP) is 2.25. The van der Waals surface area contributed by atoms with Gasteiger partial charge in [0.05, 0.1) is 0 Å². The molecule has 0 bridgehead atoms. The number of esters is 1. The lowest BCUT2D eigenvalue weighted by atomic mass is 10.2. The van der Waals surface area contributed by atoms with Gasteiger partial charge in [0.15, 0.2) is 0 Å². The highest BCUT2D eigenvalue weighted by molar-refractivity contribution is 9.10. The van der Waals surface area contributed by atoms with Crippen LogP contribution in [-0.2, 0) is 4.79 Å². The van der Waals surface area contributed by atoms with E-state index >= 15 is 0 Å². The maximum absolute atomic E-state index is 12.2. The van der Waals surface area contributed by atoms with Crippen LogP contribution in [0.15, 0.2) is 30.3 Å². The Morgan fingerprint density at radius 2 is 1.82 bits per heavy atom. The summed E-state index contributed by atoms with van der Waals surface area (Å²) >= 11 is 2.58. The molecule has 94 valence electrons. The summed E-state index contributed by atoms with van der Waals surface area (Å²) in [5, 5.41) is 0. The van der Waals surface area contributed by atoms with Gasteiger partial charge in [-0.3, -0.25) is 4.79 Å². The van der Waals surface area contributed by atoms with Gasteiger partial charge in [-0.25, -0.2) is 0 Å². The number of ether oxygens (including phenoxy) is 1. The number of halogens is 4. The third kappa shape index (κ3) is 4.01. The molecule has 1 rings (SSSR count). The van der Waals surface area contributed by atoms with E-state index in [0.717, 1.165) is 0 Å². The normalized spacial score (nSPS) is 15.1. The summed E-state index contributed by atoms with van der Waals surface area (Å²) in [5.41, 5.74) is 4.88. The Morgan fingerprint density at radius 1 is 1.29 bits per heavy atom. The second-order valence-corrected chi connectivity index (χ2v) is 4.19. The van der Waals surface area contributed by atoms with Gasteiger partial charge in [-0.05, 0) is 12.1 Å². The fourth-order valence-electron chi connectivity index (χ4n) is 0.974. The average molecular weight is 312 g/mol. The topological polar surface area (TPSA) is 52.3 Å². The van der Waals surface area contributed by atoms with E-state index in [4.69, 9.17) is 10.5 Å². The number of benzene rings is 1. The Bertz CT molecular complexity index is 383. The molecule has 0 saturated heterocycles. The first kappa shape index (κ1) is 14.0. The van der Waals surface area contributed by atoms with Gasteiger partial charge in [0.25, 0.3) is 0 Å². The van der Waals surface area contributed by atoms with Crippen molar-refractivity contribution < 1.29 is 22.7 Å². The summed E-state index contributed by atoms with van der Waals surface area (Å²) in [6.07, 6.45) is -4.66. The number of para-hydroxylation sites is 1. The molecule has 3 nitrogen and oxygen atoms in total. The van der Waals surface area contributed by atoms with Crippen LogP contribution in [0, 0.1) is 0 Å². The molecule has 2 N–H and O–H groups in total. The molecule has 0 heterocycles. The van der Waals surface area contributed by atoms with E-state index in [0.29, 0.717) is 0 Å². The molecule has 0 saturated carbocycles. The van der Waals surface area contributed by atoms with Gasteiger partial charge in [0, 0.05) is 0 Å². The quantitative estimate of drug-likeness (QED) is 0.529. The molecule has 0 aliphatic rings. The van der Waals surface area contributed by atoms with Crippen LogP contribution in [0.2, 0.25) is 0 Å². The zero-order valence-electron chi connectivity index (χ0n) is 8.45. The summed E-state index contributed by atoms with van der Waals surface area (Å²) in [6.45, 7) is 0. The smallest absolute Gasteiger partial charge is 0.405 e. The zero-order valence-corrected chi connectivity index (χ0v) is 10.0. The van der Waals surface area contributed by atoms with Crippen LogP contribution >= 0.6 is 15.9 Å². The molecular weight excluding hydrogens is 303 g/mol. The van der Waals surface area contributed by atoms with Crippen molar-refractivity contribution in [2.75, 3.05) is 0 Å². The van der Waals surface area contributed by atoms with Crippen molar-refractivity contribution >= 4 is 21.9 Å². The SMILES string of the molecule is N[C@H]([C@H](Br)C(=O)Oc1ccccc1)C(F)(F)F. The fraction of sp³-hybridized carbons (Fsp3) is 0.300. The van der Waals surface area contributed by atoms with Crippen LogP contribution in [0.5, 0.6) is 5.75 Å². The maximum Gasteiger partial charge on any atom is 0.405 e. The van der Waals surface area contributed by atoms with Gasteiger partial charge in [-0.1, -0.05) is 34.1 Å². The van der Waals surface area contributed by atoms with Crippen molar-refractivity contribution in [1.82, 2.24) is 0 Å².